The van der Waals surface area contributed by atoms with Crippen molar-refractivity contribution in [3.8, 4) is 0 Å². The number of nitrogens with one attached hydrogen (secondary N) is 1. The quantitative estimate of drug-likeness (QED) is 0.371. The monoisotopic (exact) mass is 447 g/mol. The molecule has 0 radical (unpaired) electrons. The maximum absolute atomic E-state index is 13.0. The third kappa shape index (κ3) is 7.32. The van der Waals surface area contributed by atoms with E-state index in [0.29, 0.717) is 5.13 Å². The van der Waals surface area contributed by atoms with Gasteiger partial charge in [0.15, 0.2) is 5.13 Å². The van der Waals surface area contributed by atoms with Crippen LogP contribution in [0.2, 0.25) is 0 Å². The molecular formula is C22H29N3O3S2. The number of urea groups is 1. The molecule has 0 aliphatic heterocycles. The number of amides is 2. The van der Waals surface area contributed by atoms with Crippen molar-refractivity contribution in [3.63, 3.8) is 0 Å². The fraction of sp³-hybridized carbons (Fsp3) is 0.500. The van der Waals surface area contributed by atoms with Crippen LogP contribution >= 0.6 is 23.1 Å². The summed E-state index contributed by atoms with van der Waals surface area (Å²) in [6.07, 6.45) is 10.4. The molecule has 0 unspecified atom stereocenters. The minimum absolute atomic E-state index is 0.00874. The first-order chi connectivity index (χ1) is 14.6. The molecule has 0 bridgehead atoms. The molecule has 0 spiro atoms. The number of rotatable bonds is 10. The van der Waals surface area contributed by atoms with Crippen LogP contribution in [-0.4, -0.2) is 45.3 Å². The lowest BCUT2D eigenvalue weighted by atomic mass is 9.94. The van der Waals surface area contributed by atoms with E-state index in [1.165, 1.54) is 47.9 Å². The normalized spacial score (nSPS) is 14.4. The van der Waals surface area contributed by atoms with E-state index in [-0.39, 0.29) is 17.8 Å². The van der Waals surface area contributed by atoms with E-state index in [1.54, 1.807) is 6.20 Å². The predicted molar refractivity (Wildman–Crippen MR) is 122 cm³/mol. The summed E-state index contributed by atoms with van der Waals surface area (Å²) in [5.74, 6) is -0.872. The molecule has 3 rings (SSSR count). The number of carbonyl (C=O) groups is 2. The highest BCUT2D eigenvalue weighted by Crippen LogP contribution is 2.29. The summed E-state index contributed by atoms with van der Waals surface area (Å²) in [5.41, 5.74) is 1.33. The van der Waals surface area contributed by atoms with Crippen molar-refractivity contribution in [2.75, 3.05) is 17.6 Å². The lowest BCUT2D eigenvalue weighted by Crippen LogP contribution is -2.44. The fourth-order valence-corrected chi connectivity index (χ4v) is 5.36. The minimum atomic E-state index is -0.863. The molecule has 1 heterocycles. The van der Waals surface area contributed by atoms with Gasteiger partial charge >= 0.3 is 12.0 Å². The van der Waals surface area contributed by atoms with Gasteiger partial charge in [-0.15, -0.1) is 11.8 Å². The molecule has 1 fully saturated rings. The lowest BCUT2D eigenvalue weighted by Gasteiger charge is -2.34. The van der Waals surface area contributed by atoms with Gasteiger partial charge in [-0.1, -0.05) is 60.9 Å². The summed E-state index contributed by atoms with van der Waals surface area (Å²) < 4.78 is 0.791. The van der Waals surface area contributed by atoms with Crippen LogP contribution in [0.15, 0.2) is 40.7 Å². The van der Waals surface area contributed by atoms with Crippen molar-refractivity contribution in [1.29, 1.82) is 0 Å². The molecule has 1 saturated carbocycles. The Bertz CT molecular complexity index is 807. The van der Waals surface area contributed by atoms with E-state index < -0.39 is 5.97 Å². The number of thioether (sulfide) groups is 1. The minimum Gasteiger partial charge on any atom is -0.481 e. The number of aromatic nitrogens is 1. The molecule has 2 N–H and O–H groups in total. The average molecular weight is 448 g/mol. The van der Waals surface area contributed by atoms with Gasteiger partial charge in [-0.05, 0) is 37.7 Å². The molecule has 1 aliphatic carbocycles. The highest BCUT2D eigenvalue weighted by molar-refractivity contribution is 8.01. The molecular weight excluding hydrogens is 418 g/mol. The molecule has 2 amide bonds. The lowest BCUT2D eigenvalue weighted by molar-refractivity contribution is -0.133. The number of aliphatic carboxylic acids is 1. The average Bonchev–Trinajstić information content (AvgIpc) is 3.21. The molecule has 0 saturated heterocycles. The molecule has 1 aliphatic rings. The summed E-state index contributed by atoms with van der Waals surface area (Å²) in [6.45, 7) is 0.745. The maximum atomic E-state index is 13.0. The van der Waals surface area contributed by atoms with Crippen molar-refractivity contribution in [2.24, 2.45) is 0 Å². The number of hydrogen-bond donors (Lipinski definition) is 2. The van der Waals surface area contributed by atoms with Crippen LogP contribution in [0.25, 0.3) is 0 Å². The highest BCUT2D eigenvalue weighted by atomic mass is 32.2. The van der Waals surface area contributed by atoms with Gasteiger partial charge in [0.1, 0.15) is 0 Å². The second kappa shape index (κ2) is 12.0. The summed E-state index contributed by atoms with van der Waals surface area (Å²) >= 11 is 2.54. The van der Waals surface area contributed by atoms with Crippen LogP contribution in [0.3, 0.4) is 0 Å². The third-order valence-corrected chi connectivity index (χ3v) is 7.36. The van der Waals surface area contributed by atoms with E-state index in [4.69, 9.17) is 5.11 Å². The van der Waals surface area contributed by atoms with Crippen LogP contribution in [-0.2, 0) is 11.2 Å². The van der Waals surface area contributed by atoms with Gasteiger partial charge in [-0.2, -0.15) is 0 Å². The van der Waals surface area contributed by atoms with Gasteiger partial charge in [0.05, 0.1) is 16.2 Å². The number of thiazole rings is 1. The largest absolute Gasteiger partial charge is 0.481 e. The van der Waals surface area contributed by atoms with E-state index >= 15 is 0 Å². The summed E-state index contributed by atoms with van der Waals surface area (Å²) in [4.78, 5) is 30.0. The Kier molecular flexibility index (Phi) is 9.01. The first kappa shape index (κ1) is 22.6. The van der Waals surface area contributed by atoms with E-state index in [0.717, 1.165) is 42.9 Å². The molecule has 2 aromatic rings. The Labute approximate surface area is 186 Å². The third-order valence-electron chi connectivity index (χ3n) is 5.27. The molecule has 1 aromatic carbocycles. The number of nitrogens with zero attached hydrogens (tertiary/aromatic N) is 2. The van der Waals surface area contributed by atoms with Gasteiger partial charge in [0.25, 0.3) is 0 Å². The Morgan fingerprint density at radius 2 is 1.93 bits per heavy atom. The number of carboxylic acid groups (broad SMARTS) is 1. The smallest absolute Gasteiger partial charge is 0.323 e. The highest BCUT2D eigenvalue weighted by Gasteiger charge is 2.25. The zero-order valence-corrected chi connectivity index (χ0v) is 18.7. The second-order valence-corrected chi connectivity index (χ2v) is 9.83. The zero-order chi connectivity index (χ0) is 21.2. The first-order valence-corrected chi connectivity index (χ1v) is 12.3. The number of hydrogen-bond acceptors (Lipinski definition) is 5. The van der Waals surface area contributed by atoms with Crippen molar-refractivity contribution >= 4 is 40.2 Å². The number of anilines is 1. The van der Waals surface area contributed by atoms with Crippen LogP contribution in [0.1, 0.15) is 50.5 Å². The van der Waals surface area contributed by atoms with Crippen LogP contribution < -0.4 is 5.32 Å². The summed E-state index contributed by atoms with van der Waals surface area (Å²) in [7, 11) is 0. The second-order valence-electron chi connectivity index (χ2n) is 7.52. The van der Waals surface area contributed by atoms with Gasteiger partial charge in [0, 0.05) is 12.6 Å². The van der Waals surface area contributed by atoms with Crippen LogP contribution in [0, 0.1) is 0 Å². The maximum Gasteiger partial charge on any atom is 0.323 e. The molecule has 6 nitrogen and oxygen atoms in total. The Morgan fingerprint density at radius 1 is 1.17 bits per heavy atom. The Hall–Kier alpha value is -2.06. The molecule has 1 aromatic heterocycles. The van der Waals surface area contributed by atoms with Crippen molar-refractivity contribution in [3.05, 3.63) is 42.1 Å². The number of carboxylic acids is 1. The predicted octanol–water partition coefficient (Wildman–Crippen LogP) is 5.51. The molecule has 0 atom stereocenters. The van der Waals surface area contributed by atoms with Crippen molar-refractivity contribution in [2.45, 2.75) is 61.6 Å². The Morgan fingerprint density at radius 3 is 2.67 bits per heavy atom. The zero-order valence-electron chi connectivity index (χ0n) is 17.1. The Balaban J connectivity index is 1.54. The van der Waals surface area contributed by atoms with Gasteiger partial charge in [-0.25, -0.2) is 9.78 Å². The van der Waals surface area contributed by atoms with Crippen LogP contribution in [0.4, 0.5) is 9.93 Å². The van der Waals surface area contributed by atoms with Crippen LogP contribution in [0.5, 0.6) is 0 Å². The van der Waals surface area contributed by atoms with E-state index in [2.05, 4.69) is 34.6 Å². The topological polar surface area (TPSA) is 82.5 Å². The van der Waals surface area contributed by atoms with Gasteiger partial charge < -0.3 is 10.0 Å². The molecule has 162 valence electrons. The number of unbranched alkanes of at least 4 members (excludes halogenated alkanes) is 1. The van der Waals surface area contributed by atoms with Crippen molar-refractivity contribution < 1.29 is 14.7 Å². The number of benzene rings is 1. The SMILES string of the molecule is O=C(O)CSc1cnc(NC(=O)N(CCCCc2ccccc2)C2CCCCC2)s1. The van der Waals surface area contributed by atoms with E-state index in [9.17, 15) is 9.59 Å². The van der Waals surface area contributed by atoms with Gasteiger partial charge in [0.2, 0.25) is 0 Å². The number of aryl methyl sites for hydroxylation is 1. The van der Waals surface area contributed by atoms with E-state index in [1.807, 2.05) is 11.0 Å². The molecule has 8 heteroatoms. The molecule has 30 heavy (non-hydrogen) atoms. The van der Waals surface area contributed by atoms with Crippen molar-refractivity contribution in [1.82, 2.24) is 9.88 Å². The van der Waals surface area contributed by atoms with Gasteiger partial charge in [-0.3, -0.25) is 10.1 Å². The summed E-state index contributed by atoms with van der Waals surface area (Å²) in [6, 6.07) is 10.6. The fourth-order valence-electron chi connectivity index (χ4n) is 3.78. The summed E-state index contributed by atoms with van der Waals surface area (Å²) in [5, 5.41) is 12.3. The standard InChI is InChI=1S/C22H29N3O3S2/c26-19(27)16-29-20-15-23-21(30-20)24-22(28)25(18-12-5-2-6-13-18)14-8-7-11-17-9-3-1-4-10-17/h1,3-4,9-10,15,18H,2,5-8,11-14,16H2,(H,26,27)(H,23,24,28). The number of carbonyl (C=O) groups excluding carboxylic acids is 1. The first-order valence-electron chi connectivity index (χ1n) is 10.5.